The van der Waals surface area contributed by atoms with Crippen molar-refractivity contribution < 1.29 is 9.53 Å². The maximum atomic E-state index is 11.1. The molecule has 1 rings (SSSR count). The van der Waals surface area contributed by atoms with Gasteiger partial charge in [-0.05, 0) is 30.7 Å². The van der Waals surface area contributed by atoms with Crippen molar-refractivity contribution in [2.45, 2.75) is 31.6 Å². The van der Waals surface area contributed by atoms with E-state index < -0.39 is 0 Å². The number of hydrogen-bond acceptors (Lipinski definition) is 3. The quantitative estimate of drug-likeness (QED) is 0.582. The summed E-state index contributed by atoms with van der Waals surface area (Å²) >= 11 is 1.82. The number of aryl methyl sites for hydroxylation is 2. The first kappa shape index (κ1) is 13.1. The number of methoxy groups -OCH3 is 1. The Morgan fingerprint density at radius 3 is 2.81 bits per heavy atom. The molecule has 0 aliphatic carbocycles. The van der Waals surface area contributed by atoms with E-state index in [2.05, 4.69) is 36.8 Å². The standard InChI is InChI=1S/C13H18O2S/c1-4-16-12-7-5-10(2)9-11(12)6-8-13(14)15-3/h5,7,9H,4,6,8H2,1-3H3. The van der Waals surface area contributed by atoms with Crippen LogP contribution in [0.15, 0.2) is 23.1 Å². The van der Waals surface area contributed by atoms with Crippen molar-refractivity contribution in [1.29, 1.82) is 0 Å². The number of hydrogen-bond donors (Lipinski definition) is 0. The van der Waals surface area contributed by atoms with E-state index in [1.165, 1.54) is 23.1 Å². The molecule has 88 valence electrons. The van der Waals surface area contributed by atoms with Gasteiger partial charge in [0, 0.05) is 11.3 Å². The van der Waals surface area contributed by atoms with E-state index in [0.717, 1.165) is 12.2 Å². The van der Waals surface area contributed by atoms with E-state index in [-0.39, 0.29) is 5.97 Å². The summed E-state index contributed by atoms with van der Waals surface area (Å²) in [6.07, 6.45) is 1.22. The van der Waals surface area contributed by atoms with Crippen LogP contribution >= 0.6 is 11.8 Å². The second-order valence-electron chi connectivity index (χ2n) is 3.62. The predicted molar refractivity (Wildman–Crippen MR) is 67.9 cm³/mol. The monoisotopic (exact) mass is 238 g/mol. The molecule has 0 aliphatic heterocycles. The van der Waals surface area contributed by atoms with Gasteiger partial charge in [-0.2, -0.15) is 0 Å². The summed E-state index contributed by atoms with van der Waals surface area (Å²) in [5, 5.41) is 0. The maximum Gasteiger partial charge on any atom is 0.305 e. The first-order valence-electron chi connectivity index (χ1n) is 5.46. The zero-order valence-corrected chi connectivity index (χ0v) is 10.9. The molecule has 0 saturated heterocycles. The molecule has 0 bridgehead atoms. The molecule has 1 aromatic rings. The Morgan fingerprint density at radius 1 is 1.44 bits per heavy atom. The molecule has 0 fully saturated rings. The summed E-state index contributed by atoms with van der Waals surface area (Å²) < 4.78 is 4.66. The smallest absolute Gasteiger partial charge is 0.305 e. The molecule has 1 aromatic carbocycles. The molecular formula is C13H18O2S. The summed E-state index contributed by atoms with van der Waals surface area (Å²) in [7, 11) is 1.43. The zero-order valence-electron chi connectivity index (χ0n) is 10.1. The first-order valence-corrected chi connectivity index (χ1v) is 6.45. The number of esters is 1. The van der Waals surface area contributed by atoms with Gasteiger partial charge in [0.1, 0.15) is 0 Å². The van der Waals surface area contributed by atoms with Crippen molar-refractivity contribution in [3.8, 4) is 0 Å². The molecule has 0 atom stereocenters. The van der Waals surface area contributed by atoms with Crippen molar-refractivity contribution in [3.05, 3.63) is 29.3 Å². The SMILES string of the molecule is CCSc1ccc(C)cc1CCC(=O)OC. The van der Waals surface area contributed by atoms with Gasteiger partial charge in [-0.25, -0.2) is 0 Å². The van der Waals surface area contributed by atoms with E-state index in [0.29, 0.717) is 6.42 Å². The average Bonchev–Trinajstić information content (AvgIpc) is 2.29. The number of carbonyl (C=O) groups is 1. The van der Waals surface area contributed by atoms with Gasteiger partial charge in [0.25, 0.3) is 0 Å². The fourth-order valence-electron chi connectivity index (χ4n) is 1.54. The van der Waals surface area contributed by atoms with Crippen LogP contribution in [0.25, 0.3) is 0 Å². The average molecular weight is 238 g/mol. The van der Waals surface area contributed by atoms with Crippen LogP contribution in [0.3, 0.4) is 0 Å². The Kier molecular flexibility index (Phi) is 5.39. The van der Waals surface area contributed by atoms with Crippen molar-refractivity contribution in [2.75, 3.05) is 12.9 Å². The van der Waals surface area contributed by atoms with Crippen molar-refractivity contribution in [2.24, 2.45) is 0 Å². The first-order chi connectivity index (χ1) is 7.67. The molecular weight excluding hydrogens is 220 g/mol. The van der Waals surface area contributed by atoms with Crippen molar-refractivity contribution in [3.63, 3.8) is 0 Å². The van der Waals surface area contributed by atoms with Gasteiger partial charge in [0.05, 0.1) is 7.11 Å². The second kappa shape index (κ2) is 6.59. The molecule has 2 nitrogen and oxygen atoms in total. The summed E-state index contributed by atoms with van der Waals surface area (Å²) in [6.45, 7) is 4.21. The van der Waals surface area contributed by atoms with Crippen LogP contribution in [0.5, 0.6) is 0 Å². The molecule has 0 unspecified atom stereocenters. The Hall–Kier alpha value is -0.960. The highest BCUT2D eigenvalue weighted by atomic mass is 32.2. The minimum Gasteiger partial charge on any atom is -0.469 e. The lowest BCUT2D eigenvalue weighted by Gasteiger charge is -2.08. The zero-order chi connectivity index (χ0) is 12.0. The number of ether oxygens (including phenoxy) is 1. The van der Waals surface area contributed by atoms with Crippen LogP contribution in [0, 0.1) is 6.92 Å². The largest absolute Gasteiger partial charge is 0.469 e. The lowest BCUT2D eigenvalue weighted by Crippen LogP contribution is -2.02. The highest BCUT2D eigenvalue weighted by Gasteiger charge is 2.06. The fourth-order valence-corrected chi connectivity index (χ4v) is 2.36. The lowest BCUT2D eigenvalue weighted by atomic mass is 10.1. The van der Waals surface area contributed by atoms with Crippen LogP contribution in [0.2, 0.25) is 0 Å². The minimum absolute atomic E-state index is 0.144. The summed E-state index contributed by atoms with van der Waals surface area (Å²) in [4.78, 5) is 12.4. The Bertz CT molecular complexity index is 361. The molecule has 0 heterocycles. The van der Waals surface area contributed by atoms with Crippen LogP contribution in [-0.4, -0.2) is 18.8 Å². The third-order valence-electron chi connectivity index (χ3n) is 2.34. The molecule has 16 heavy (non-hydrogen) atoms. The van der Waals surface area contributed by atoms with Crippen molar-refractivity contribution in [1.82, 2.24) is 0 Å². The van der Waals surface area contributed by atoms with Crippen molar-refractivity contribution >= 4 is 17.7 Å². The summed E-state index contributed by atoms with van der Waals surface area (Å²) in [5.41, 5.74) is 2.48. The Morgan fingerprint density at radius 2 is 2.19 bits per heavy atom. The van der Waals surface area contributed by atoms with Gasteiger partial charge in [-0.1, -0.05) is 24.6 Å². The van der Waals surface area contributed by atoms with E-state index in [1.807, 2.05) is 11.8 Å². The molecule has 0 amide bonds. The predicted octanol–water partition coefficient (Wildman–Crippen LogP) is 3.21. The van der Waals surface area contributed by atoms with Gasteiger partial charge in [0.2, 0.25) is 0 Å². The third-order valence-corrected chi connectivity index (χ3v) is 3.34. The number of benzene rings is 1. The highest BCUT2D eigenvalue weighted by Crippen LogP contribution is 2.24. The van der Waals surface area contributed by atoms with Gasteiger partial charge in [-0.15, -0.1) is 11.8 Å². The van der Waals surface area contributed by atoms with E-state index in [1.54, 1.807) is 0 Å². The Labute approximate surface area is 101 Å². The van der Waals surface area contributed by atoms with E-state index in [4.69, 9.17) is 0 Å². The van der Waals surface area contributed by atoms with Crippen LogP contribution in [0.4, 0.5) is 0 Å². The fraction of sp³-hybridized carbons (Fsp3) is 0.462. The molecule has 0 N–H and O–H groups in total. The molecule has 0 saturated carbocycles. The van der Waals surface area contributed by atoms with Gasteiger partial charge in [-0.3, -0.25) is 4.79 Å². The topological polar surface area (TPSA) is 26.3 Å². The summed E-state index contributed by atoms with van der Waals surface area (Å²) in [5.74, 6) is 0.905. The van der Waals surface area contributed by atoms with Gasteiger partial charge < -0.3 is 4.74 Å². The molecule has 0 aromatic heterocycles. The van der Waals surface area contributed by atoms with Crippen LogP contribution < -0.4 is 0 Å². The maximum absolute atomic E-state index is 11.1. The second-order valence-corrected chi connectivity index (χ2v) is 4.93. The number of thioether (sulfide) groups is 1. The van der Waals surface area contributed by atoms with E-state index in [9.17, 15) is 4.79 Å². The van der Waals surface area contributed by atoms with Crippen LogP contribution in [-0.2, 0) is 16.0 Å². The highest BCUT2D eigenvalue weighted by molar-refractivity contribution is 7.99. The van der Waals surface area contributed by atoms with Crippen LogP contribution in [0.1, 0.15) is 24.5 Å². The van der Waals surface area contributed by atoms with E-state index >= 15 is 0 Å². The number of rotatable bonds is 5. The van der Waals surface area contributed by atoms with Gasteiger partial charge >= 0.3 is 5.97 Å². The molecule has 0 aliphatic rings. The summed E-state index contributed by atoms with van der Waals surface area (Å²) in [6, 6.07) is 6.40. The molecule has 0 radical (unpaired) electrons. The molecule has 0 spiro atoms. The Balaban J connectivity index is 2.75. The van der Waals surface area contributed by atoms with Gasteiger partial charge in [0.15, 0.2) is 0 Å². The lowest BCUT2D eigenvalue weighted by molar-refractivity contribution is -0.140. The normalized spacial score (nSPS) is 10.2. The third kappa shape index (κ3) is 3.89. The molecule has 3 heteroatoms. The number of carbonyl (C=O) groups excluding carboxylic acids is 1. The minimum atomic E-state index is -0.144.